The Labute approximate surface area is 160 Å². The SMILES string of the molecule is Cc1ccc(CN2C(=O)CN(c3ncc(Cl)cc3F)C(=O)C23COC3)cc1. The maximum atomic E-state index is 14.3. The molecule has 0 radical (unpaired) electrons. The zero-order valence-corrected chi connectivity index (χ0v) is 15.4. The lowest BCUT2D eigenvalue weighted by Crippen LogP contribution is -2.76. The van der Waals surface area contributed by atoms with E-state index in [0.29, 0.717) is 6.54 Å². The van der Waals surface area contributed by atoms with Gasteiger partial charge in [0.2, 0.25) is 5.91 Å². The number of anilines is 1. The van der Waals surface area contributed by atoms with Crippen molar-refractivity contribution in [3.63, 3.8) is 0 Å². The minimum absolute atomic E-state index is 0.0785. The fourth-order valence-electron chi connectivity index (χ4n) is 3.37. The number of hydrogen-bond donors (Lipinski definition) is 0. The van der Waals surface area contributed by atoms with Crippen LogP contribution in [0.3, 0.4) is 0 Å². The molecular formula is C19H17ClFN3O3. The van der Waals surface area contributed by atoms with Gasteiger partial charge in [-0.2, -0.15) is 0 Å². The minimum atomic E-state index is -1.13. The molecule has 2 saturated heterocycles. The molecule has 140 valence electrons. The smallest absolute Gasteiger partial charge is 0.259 e. The zero-order chi connectivity index (χ0) is 19.2. The van der Waals surface area contributed by atoms with Gasteiger partial charge in [0.15, 0.2) is 17.2 Å². The van der Waals surface area contributed by atoms with Gasteiger partial charge in [-0.05, 0) is 18.6 Å². The maximum absolute atomic E-state index is 14.3. The van der Waals surface area contributed by atoms with Gasteiger partial charge >= 0.3 is 0 Å². The molecular weight excluding hydrogens is 373 g/mol. The third-order valence-electron chi connectivity index (χ3n) is 4.94. The number of carbonyl (C=O) groups excluding carboxylic acids is 2. The molecule has 8 heteroatoms. The Bertz CT molecular complexity index is 915. The molecule has 0 saturated carbocycles. The molecule has 1 aromatic heterocycles. The predicted molar refractivity (Wildman–Crippen MR) is 96.8 cm³/mol. The number of piperazine rings is 1. The highest BCUT2D eigenvalue weighted by Crippen LogP contribution is 2.35. The quantitative estimate of drug-likeness (QED) is 0.808. The monoisotopic (exact) mass is 389 g/mol. The van der Waals surface area contributed by atoms with Crippen LogP contribution in [0.2, 0.25) is 5.02 Å². The molecule has 27 heavy (non-hydrogen) atoms. The number of carbonyl (C=O) groups is 2. The summed E-state index contributed by atoms with van der Waals surface area (Å²) in [6.07, 6.45) is 1.25. The predicted octanol–water partition coefficient (Wildman–Crippen LogP) is 2.33. The number of nitrogens with zero attached hydrogens (tertiary/aromatic N) is 3. The second kappa shape index (κ2) is 6.58. The van der Waals surface area contributed by atoms with Crippen LogP contribution in [0.1, 0.15) is 11.1 Å². The Balaban J connectivity index is 1.66. The first-order valence-corrected chi connectivity index (χ1v) is 8.85. The fourth-order valence-corrected chi connectivity index (χ4v) is 3.51. The summed E-state index contributed by atoms with van der Waals surface area (Å²) in [6.45, 7) is 2.15. The summed E-state index contributed by atoms with van der Waals surface area (Å²) in [5, 5.41) is 0.120. The van der Waals surface area contributed by atoms with Crippen LogP contribution in [0.4, 0.5) is 10.2 Å². The standard InChI is InChI=1S/C19H17ClFN3O3/c1-12-2-4-13(5-3-12)8-24-16(25)9-23(18(26)19(24)10-27-11-19)17-15(21)6-14(20)7-22-17/h2-7H,8-11H2,1H3. The molecule has 0 bridgehead atoms. The number of ether oxygens (including phenoxy) is 1. The van der Waals surface area contributed by atoms with Gasteiger partial charge in [-0.3, -0.25) is 14.5 Å². The van der Waals surface area contributed by atoms with Crippen molar-refractivity contribution in [3.05, 3.63) is 58.5 Å². The number of halogens is 2. The van der Waals surface area contributed by atoms with Crippen molar-refractivity contribution in [2.75, 3.05) is 24.7 Å². The second-order valence-corrected chi connectivity index (χ2v) is 7.28. The number of aromatic nitrogens is 1. The van der Waals surface area contributed by atoms with Gasteiger partial charge in [-0.25, -0.2) is 9.37 Å². The summed E-state index contributed by atoms with van der Waals surface area (Å²) >= 11 is 5.74. The lowest BCUT2D eigenvalue weighted by Gasteiger charge is -2.52. The summed E-state index contributed by atoms with van der Waals surface area (Å²) in [7, 11) is 0. The van der Waals surface area contributed by atoms with E-state index < -0.39 is 17.3 Å². The number of aryl methyl sites for hydroxylation is 1. The highest BCUT2D eigenvalue weighted by molar-refractivity contribution is 6.30. The molecule has 0 N–H and O–H groups in total. The molecule has 4 rings (SSSR count). The van der Waals surface area contributed by atoms with Crippen molar-refractivity contribution in [1.29, 1.82) is 0 Å². The third kappa shape index (κ3) is 2.96. The van der Waals surface area contributed by atoms with E-state index >= 15 is 0 Å². The Hall–Kier alpha value is -2.51. The molecule has 2 aliphatic rings. The van der Waals surface area contributed by atoms with Crippen LogP contribution in [0.15, 0.2) is 36.5 Å². The van der Waals surface area contributed by atoms with Crippen molar-refractivity contribution >= 4 is 29.2 Å². The topological polar surface area (TPSA) is 62.7 Å². The molecule has 0 aliphatic carbocycles. The number of hydrogen-bond acceptors (Lipinski definition) is 4. The highest BCUT2D eigenvalue weighted by atomic mass is 35.5. The van der Waals surface area contributed by atoms with Crippen molar-refractivity contribution in [2.24, 2.45) is 0 Å². The van der Waals surface area contributed by atoms with Gasteiger partial charge < -0.3 is 9.64 Å². The van der Waals surface area contributed by atoms with E-state index in [0.717, 1.165) is 22.1 Å². The second-order valence-electron chi connectivity index (χ2n) is 6.84. The van der Waals surface area contributed by atoms with Gasteiger partial charge in [0, 0.05) is 12.7 Å². The first-order chi connectivity index (χ1) is 12.9. The first kappa shape index (κ1) is 17.9. The van der Waals surface area contributed by atoms with Crippen molar-refractivity contribution in [1.82, 2.24) is 9.88 Å². The number of rotatable bonds is 3. The van der Waals surface area contributed by atoms with Crippen LogP contribution in [-0.4, -0.2) is 47.0 Å². The van der Waals surface area contributed by atoms with Crippen LogP contribution < -0.4 is 4.90 Å². The molecule has 6 nitrogen and oxygen atoms in total. The summed E-state index contributed by atoms with van der Waals surface area (Å²) in [4.78, 5) is 32.6. The Kier molecular flexibility index (Phi) is 4.36. The van der Waals surface area contributed by atoms with Crippen molar-refractivity contribution in [3.8, 4) is 0 Å². The molecule has 1 aromatic carbocycles. The largest absolute Gasteiger partial charge is 0.375 e. The van der Waals surface area contributed by atoms with Gasteiger partial charge in [0.1, 0.15) is 6.54 Å². The van der Waals surface area contributed by atoms with Gasteiger partial charge in [-0.1, -0.05) is 41.4 Å². The Morgan fingerprint density at radius 2 is 1.96 bits per heavy atom. The molecule has 2 fully saturated rings. The van der Waals surface area contributed by atoms with E-state index in [1.54, 1.807) is 0 Å². The van der Waals surface area contributed by atoms with Crippen LogP contribution in [0, 0.1) is 12.7 Å². The summed E-state index contributed by atoms with van der Waals surface area (Å²) < 4.78 is 19.6. The van der Waals surface area contributed by atoms with Crippen molar-refractivity contribution in [2.45, 2.75) is 19.0 Å². The minimum Gasteiger partial charge on any atom is -0.375 e. The molecule has 2 aromatic rings. The van der Waals surface area contributed by atoms with Gasteiger partial charge in [0.25, 0.3) is 5.91 Å². The van der Waals surface area contributed by atoms with E-state index in [2.05, 4.69) is 4.98 Å². The van der Waals surface area contributed by atoms with E-state index in [1.165, 1.54) is 11.1 Å². The van der Waals surface area contributed by atoms with E-state index in [4.69, 9.17) is 16.3 Å². The van der Waals surface area contributed by atoms with E-state index in [9.17, 15) is 14.0 Å². The van der Waals surface area contributed by atoms with Gasteiger partial charge in [0.05, 0.1) is 18.2 Å². The number of amides is 2. The molecule has 0 unspecified atom stereocenters. The van der Waals surface area contributed by atoms with Crippen molar-refractivity contribution < 1.29 is 18.7 Å². The van der Waals surface area contributed by atoms with Gasteiger partial charge in [-0.15, -0.1) is 0 Å². The van der Waals surface area contributed by atoms with E-state index in [-0.39, 0.29) is 36.5 Å². The lowest BCUT2D eigenvalue weighted by molar-refractivity contribution is -0.184. The Morgan fingerprint density at radius 1 is 1.26 bits per heavy atom. The molecule has 2 amide bonds. The summed E-state index contributed by atoms with van der Waals surface area (Å²) in [5.74, 6) is -1.62. The molecule has 1 spiro atoms. The molecule has 0 atom stereocenters. The fraction of sp³-hybridized carbons (Fsp3) is 0.316. The van der Waals surface area contributed by atoms with E-state index in [1.807, 2.05) is 31.2 Å². The van der Waals surface area contributed by atoms with Crippen LogP contribution in [0.5, 0.6) is 0 Å². The Morgan fingerprint density at radius 3 is 2.56 bits per heavy atom. The highest BCUT2D eigenvalue weighted by Gasteiger charge is 2.58. The normalized spacial score (nSPS) is 18.8. The lowest BCUT2D eigenvalue weighted by atomic mass is 9.89. The summed E-state index contributed by atoms with van der Waals surface area (Å²) in [5.41, 5.74) is 0.891. The number of pyridine rings is 1. The number of benzene rings is 1. The van der Waals surface area contributed by atoms with Crippen LogP contribution in [0.25, 0.3) is 0 Å². The zero-order valence-electron chi connectivity index (χ0n) is 14.6. The molecule has 3 heterocycles. The summed E-state index contributed by atoms with van der Waals surface area (Å²) in [6, 6.07) is 8.83. The maximum Gasteiger partial charge on any atom is 0.259 e. The first-order valence-electron chi connectivity index (χ1n) is 8.47. The third-order valence-corrected chi connectivity index (χ3v) is 5.15. The van der Waals surface area contributed by atoms with Crippen LogP contribution >= 0.6 is 11.6 Å². The molecule has 2 aliphatic heterocycles. The average molecular weight is 390 g/mol. The average Bonchev–Trinajstić information content (AvgIpc) is 2.59. The van der Waals surface area contributed by atoms with Crippen LogP contribution in [-0.2, 0) is 20.9 Å².